The molecule has 29 heavy (non-hydrogen) atoms. The van der Waals surface area contributed by atoms with Crippen LogP contribution in [0.1, 0.15) is 18.4 Å². The van der Waals surface area contributed by atoms with Crippen molar-refractivity contribution in [2.45, 2.75) is 35.0 Å². The first-order valence-corrected chi connectivity index (χ1v) is 10.8. The zero-order valence-electron chi connectivity index (χ0n) is 15.9. The van der Waals surface area contributed by atoms with Gasteiger partial charge in [0.15, 0.2) is 0 Å². The number of rotatable bonds is 3. The van der Waals surface area contributed by atoms with E-state index in [2.05, 4.69) is 21.2 Å². The Morgan fingerprint density at radius 1 is 1.10 bits per heavy atom. The Kier molecular flexibility index (Phi) is 4.68. The van der Waals surface area contributed by atoms with Crippen molar-refractivity contribution in [1.29, 1.82) is 0 Å². The normalized spacial score (nSPS) is 21.7. The standard InChI is InChI=1S/C21H23F3N4S/c22-21(23,24)14-11-15-19-18(12-14)29-17-4-2-1-3-16(17)28(19)20(26-15)13-5-8-27(9-6-13)10-7-25/h1-4,11-13,20,26H,5-10,25H2. The van der Waals surface area contributed by atoms with Crippen LogP contribution < -0.4 is 16.0 Å². The molecule has 2 aromatic rings. The topological polar surface area (TPSA) is 44.5 Å². The summed E-state index contributed by atoms with van der Waals surface area (Å²) >= 11 is 1.42. The van der Waals surface area contributed by atoms with E-state index in [0.29, 0.717) is 23.0 Å². The summed E-state index contributed by atoms with van der Waals surface area (Å²) in [5, 5.41) is 3.46. The lowest BCUT2D eigenvalue weighted by Crippen LogP contribution is -2.46. The number of anilines is 3. The molecule has 4 nitrogen and oxygen atoms in total. The Hall–Kier alpha value is -1.90. The van der Waals surface area contributed by atoms with Crippen LogP contribution in [0, 0.1) is 5.92 Å². The minimum Gasteiger partial charge on any atom is -0.363 e. The molecule has 1 unspecified atom stereocenters. The lowest BCUT2D eigenvalue weighted by molar-refractivity contribution is -0.137. The Balaban J connectivity index is 1.53. The summed E-state index contributed by atoms with van der Waals surface area (Å²) in [6.07, 6.45) is -2.40. The van der Waals surface area contributed by atoms with Gasteiger partial charge in [-0.2, -0.15) is 13.2 Å². The average Bonchev–Trinajstić information content (AvgIpc) is 3.09. The lowest BCUT2D eigenvalue weighted by Gasteiger charge is -2.40. The van der Waals surface area contributed by atoms with Crippen molar-refractivity contribution in [3.8, 4) is 0 Å². The van der Waals surface area contributed by atoms with Crippen LogP contribution in [0.3, 0.4) is 0 Å². The van der Waals surface area contributed by atoms with E-state index < -0.39 is 11.7 Å². The third-order valence-electron chi connectivity index (χ3n) is 6.09. The third-order valence-corrected chi connectivity index (χ3v) is 7.19. The SMILES string of the molecule is NCCN1CCC(C2Nc3cc(C(F)(F)F)cc4c3N2c2ccccc2S4)CC1. The molecule has 154 valence electrons. The van der Waals surface area contributed by atoms with Gasteiger partial charge >= 0.3 is 6.18 Å². The van der Waals surface area contributed by atoms with Gasteiger partial charge in [0.05, 0.1) is 22.6 Å². The van der Waals surface area contributed by atoms with Crippen molar-refractivity contribution in [3.63, 3.8) is 0 Å². The minimum atomic E-state index is -4.36. The summed E-state index contributed by atoms with van der Waals surface area (Å²) in [5.41, 5.74) is 7.64. The molecule has 3 aliphatic rings. The molecule has 3 aliphatic heterocycles. The zero-order valence-corrected chi connectivity index (χ0v) is 16.7. The van der Waals surface area contributed by atoms with E-state index in [4.69, 9.17) is 5.73 Å². The second-order valence-corrected chi connectivity index (χ2v) is 8.95. The van der Waals surface area contributed by atoms with Crippen LogP contribution in [0.5, 0.6) is 0 Å². The Morgan fingerprint density at radius 2 is 1.86 bits per heavy atom. The van der Waals surface area contributed by atoms with Gasteiger partial charge in [-0.25, -0.2) is 0 Å². The van der Waals surface area contributed by atoms with Gasteiger partial charge in [-0.15, -0.1) is 0 Å². The number of fused-ring (bicyclic) bond motifs is 2. The molecular formula is C21H23F3N4S. The van der Waals surface area contributed by atoms with Crippen molar-refractivity contribution in [2.75, 3.05) is 36.4 Å². The Morgan fingerprint density at radius 3 is 2.59 bits per heavy atom. The molecule has 8 heteroatoms. The maximum atomic E-state index is 13.5. The first-order chi connectivity index (χ1) is 14.0. The van der Waals surface area contributed by atoms with Crippen molar-refractivity contribution in [3.05, 3.63) is 42.0 Å². The number of nitrogens with one attached hydrogen (secondary N) is 1. The maximum Gasteiger partial charge on any atom is 0.416 e. The van der Waals surface area contributed by atoms with Crippen LogP contribution in [-0.4, -0.2) is 37.2 Å². The summed E-state index contributed by atoms with van der Waals surface area (Å²) in [5.74, 6) is 0.356. The molecule has 0 radical (unpaired) electrons. The Labute approximate surface area is 172 Å². The number of piperidine rings is 1. The first-order valence-electron chi connectivity index (χ1n) is 9.96. The van der Waals surface area contributed by atoms with Gasteiger partial charge in [0.2, 0.25) is 0 Å². The number of hydrogen-bond acceptors (Lipinski definition) is 5. The molecule has 1 atom stereocenters. The molecule has 0 spiro atoms. The van der Waals surface area contributed by atoms with Gasteiger partial charge in [0.25, 0.3) is 0 Å². The third kappa shape index (κ3) is 3.27. The highest BCUT2D eigenvalue weighted by Gasteiger charge is 2.43. The fraction of sp³-hybridized carbons (Fsp3) is 0.429. The number of nitrogens with zero attached hydrogens (tertiary/aromatic N) is 2. The van der Waals surface area contributed by atoms with Crippen molar-refractivity contribution in [2.24, 2.45) is 11.7 Å². The molecule has 3 heterocycles. The molecule has 2 aromatic carbocycles. The van der Waals surface area contributed by atoms with E-state index in [1.807, 2.05) is 18.2 Å². The van der Waals surface area contributed by atoms with Gasteiger partial charge in [0, 0.05) is 28.8 Å². The Bertz CT molecular complexity index is 925. The van der Waals surface area contributed by atoms with Crippen LogP contribution in [0.25, 0.3) is 0 Å². The minimum absolute atomic E-state index is 0.0330. The van der Waals surface area contributed by atoms with E-state index in [1.165, 1.54) is 23.9 Å². The highest BCUT2D eigenvalue weighted by molar-refractivity contribution is 7.99. The van der Waals surface area contributed by atoms with E-state index in [0.717, 1.165) is 48.7 Å². The van der Waals surface area contributed by atoms with Crippen molar-refractivity contribution >= 4 is 28.8 Å². The molecule has 0 saturated carbocycles. The van der Waals surface area contributed by atoms with Gasteiger partial charge in [-0.05, 0) is 50.2 Å². The summed E-state index contributed by atoms with van der Waals surface area (Å²) in [6.45, 7) is 3.49. The largest absolute Gasteiger partial charge is 0.416 e. The molecule has 3 N–H and O–H groups in total. The highest BCUT2D eigenvalue weighted by atomic mass is 32.2. The first kappa shape index (κ1) is 19.1. The number of likely N-dealkylation sites (tertiary alicyclic amines) is 1. The molecule has 1 fully saturated rings. The number of para-hydroxylation sites is 1. The summed E-state index contributed by atoms with van der Waals surface area (Å²) in [6, 6.07) is 10.5. The summed E-state index contributed by atoms with van der Waals surface area (Å²) < 4.78 is 40.5. The number of alkyl halides is 3. The maximum absolute atomic E-state index is 13.5. The molecule has 0 aliphatic carbocycles. The van der Waals surface area contributed by atoms with Gasteiger partial charge in [0.1, 0.15) is 6.17 Å². The number of nitrogens with two attached hydrogens (primary N) is 1. The van der Waals surface area contributed by atoms with Crippen LogP contribution in [0.2, 0.25) is 0 Å². The monoisotopic (exact) mass is 420 g/mol. The van der Waals surface area contributed by atoms with Crippen LogP contribution in [0.4, 0.5) is 30.2 Å². The van der Waals surface area contributed by atoms with Crippen molar-refractivity contribution in [1.82, 2.24) is 4.90 Å². The van der Waals surface area contributed by atoms with Crippen molar-refractivity contribution < 1.29 is 13.2 Å². The molecular weight excluding hydrogens is 397 g/mol. The second-order valence-electron chi connectivity index (χ2n) is 7.87. The number of hydrogen-bond donors (Lipinski definition) is 2. The summed E-state index contributed by atoms with van der Waals surface area (Å²) in [4.78, 5) is 6.27. The smallest absolute Gasteiger partial charge is 0.363 e. The van der Waals surface area contributed by atoms with E-state index in [-0.39, 0.29) is 6.17 Å². The zero-order chi connectivity index (χ0) is 20.2. The predicted molar refractivity (Wildman–Crippen MR) is 110 cm³/mol. The van der Waals surface area contributed by atoms with Gasteiger partial charge < -0.3 is 20.9 Å². The predicted octanol–water partition coefficient (Wildman–Crippen LogP) is 4.73. The fourth-order valence-electron chi connectivity index (χ4n) is 4.71. The van der Waals surface area contributed by atoms with Gasteiger partial charge in [-0.1, -0.05) is 23.9 Å². The quantitative estimate of drug-likeness (QED) is 0.752. The van der Waals surface area contributed by atoms with Gasteiger partial charge in [-0.3, -0.25) is 0 Å². The molecule has 0 bridgehead atoms. The highest BCUT2D eigenvalue weighted by Crippen LogP contribution is 2.57. The van der Waals surface area contributed by atoms with Crippen LogP contribution >= 0.6 is 11.8 Å². The molecule has 0 aromatic heterocycles. The van der Waals surface area contributed by atoms with E-state index >= 15 is 0 Å². The summed E-state index contributed by atoms with van der Waals surface area (Å²) in [7, 11) is 0. The lowest BCUT2D eigenvalue weighted by atomic mass is 9.92. The number of halogens is 3. The molecule has 0 amide bonds. The molecule has 5 rings (SSSR count). The number of benzene rings is 2. The van der Waals surface area contributed by atoms with Crippen LogP contribution in [-0.2, 0) is 6.18 Å². The van der Waals surface area contributed by atoms with E-state index in [1.54, 1.807) is 0 Å². The molecule has 1 saturated heterocycles. The average molecular weight is 421 g/mol. The fourth-order valence-corrected chi connectivity index (χ4v) is 5.85. The second kappa shape index (κ2) is 7.11. The van der Waals surface area contributed by atoms with Crippen LogP contribution in [0.15, 0.2) is 46.2 Å². The van der Waals surface area contributed by atoms with E-state index in [9.17, 15) is 13.2 Å².